The van der Waals surface area contributed by atoms with Gasteiger partial charge in [0.05, 0.1) is 0 Å². The van der Waals surface area contributed by atoms with Gasteiger partial charge in [0, 0.05) is 9.79 Å². The van der Waals surface area contributed by atoms with Crippen LogP contribution in [-0.4, -0.2) is 0 Å². The van der Waals surface area contributed by atoms with Crippen molar-refractivity contribution in [2.24, 2.45) is 0 Å². The van der Waals surface area contributed by atoms with Crippen LogP contribution in [0.5, 0.6) is 0 Å². The number of hydrogen-bond donors (Lipinski definition) is 2. The van der Waals surface area contributed by atoms with Crippen molar-refractivity contribution in [3.63, 3.8) is 0 Å². The molecule has 0 aliphatic heterocycles. The minimum Gasteiger partial charge on any atom is -0.142 e. The molecule has 2 heteroatoms. The summed E-state index contributed by atoms with van der Waals surface area (Å²) in [4.78, 5) is 2.07. The molecule has 0 saturated carbocycles. The van der Waals surface area contributed by atoms with Gasteiger partial charge in [-0.15, -0.1) is 25.3 Å². The molecule has 0 N–H and O–H groups in total. The summed E-state index contributed by atoms with van der Waals surface area (Å²) in [5, 5.41) is 4.68. The minimum absolute atomic E-state index is 1.04. The predicted molar refractivity (Wildman–Crippen MR) is 80.7 cm³/mol. The van der Waals surface area contributed by atoms with Crippen molar-refractivity contribution in [2.45, 2.75) is 16.7 Å². The molecule has 3 aromatic carbocycles. The van der Waals surface area contributed by atoms with Crippen LogP contribution in [0.4, 0.5) is 0 Å². The predicted octanol–water partition coefficient (Wildman–Crippen LogP) is 4.88. The fraction of sp³-hybridized carbons (Fsp3) is 0.0667. The highest BCUT2D eigenvalue weighted by atomic mass is 32.1. The Kier molecular flexibility index (Phi) is 2.57. The SMILES string of the molecule is Cc1ccc2c(S)c3ccccc3c(S)c2c1. The largest absolute Gasteiger partial charge is 0.142 e. The van der Waals surface area contributed by atoms with Gasteiger partial charge in [0.15, 0.2) is 0 Å². The lowest BCUT2D eigenvalue weighted by Crippen LogP contribution is -1.84. The molecule has 0 aromatic heterocycles. The molecule has 0 saturated heterocycles. The molecule has 0 heterocycles. The summed E-state index contributed by atoms with van der Waals surface area (Å²) in [7, 11) is 0. The van der Waals surface area contributed by atoms with Crippen LogP contribution in [0.25, 0.3) is 21.5 Å². The third kappa shape index (κ3) is 1.63. The Hall–Kier alpha value is -1.12. The molecular formula is C15H12S2. The second-order valence-corrected chi connectivity index (χ2v) is 5.19. The Morgan fingerprint density at radius 1 is 0.706 bits per heavy atom. The molecule has 0 bridgehead atoms. The number of fused-ring (bicyclic) bond motifs is 2. The fourth-order valence-electron chi connectivity index (χ4n) is 2.25. The third-order valence-corrected chi connectivity index (χ3v) is 4.09. The zero-order chi connectivity index (χ0) is 12.0. The average Bonchev–Trinajstić information content (AvgIpc) is 2.36. The highest BCUT2D eigenvalue weighted by Crippen LogP contribution is 2.37. The molecule has 0 aliphatic rings. The van der Waals surface area contributed by atoms with Crippen LogP contribution in [0.1, 0.15) is 5.56 Å². The van der Waals surface area contributed by atoms with E-state index in [0.29, 0.717) is 0 Å². The molecule has 0 fully saturated rings. The van der Waals surface area contributed by atoms with Gasteiger partial charge in [-0.05, 0) is 28.5 Å². The Bertz CT molecular complexity index is 730. The monoisotopic (exact) mass is 256 g/mol. The first-order valence-electron chi connectivity index (χ1n) is 5.51. The van der Waals surface area contributed by atoms with Crippen molar-refractivity contribution < 1.29 is 0 Å². The van der Waals surface area contributed by atoms with E-state index in [0.717, 1.165) is 15.2 Å². The molecule has 0 atom stereocenters. The van der Waals surface area contributed by atoms with Crippen LogP contribution in [0.3, 0.4) is 0 Å². The highest BCUT2D eigenvalue weighted by molar-refractivity contribution is 7.81. The van der Waals surface area contributed by atoms with E-state index in [1.807, 2.05) is 12.1 Å². The lowest BCUT2D eigenvalue weighted by molar-refractivity contribution is 1.47. The van der Waals surface area contributed by atoms with Gasteiger partial charge in [-0.2, -0.15) is 0 Å². The minimum atomic E-state index is 1.04. The molecule has 3 aromatic rings. The Morgan fingerprint density at radius 3 is 1.88 bits per heavy atom. The van der Waals surface area contributed by atoms with Crippen molar-refractivity contribution in [3.05, 3.63) is 48.0 Å². The van der Waals surface area contributed by atoms with Gasteiger partial charge in [-0.3, -0.25) is 0 Å². The molecular weight excluding hydrogens is 244 g/mol. The molecule has 84 valence electrons. The van der Waals surface area contributed by atoms with Gasteiger partial charge in [0.25, 0.3) is 0 Å². The summed E-state index contributed by atoms with van der Waals surface area (Å²) in [5.41, 5.74) is 1.25. The second-order valence-electron chi connectivity index (χ2n) is 4.29. The molecule has 0 spiro atoms. The van der Waals surface area contributed by atoms with Gasteiger partial charge in [-0.25, -0.2) is 0 Å². The molecule has 0 nitrogen and oxygen atoms in total. The van der Waals surface area contributed by atoms with Gasteiger partial charge in [-0.1, -0.05) is 48.0 Å². The first-order chi connectivity index (χ1) is 8.18. The number of thiol groups is 2. The van der Waals surface area contributed by atoms with Gasteiger partial charge >= 0.3 is 0 Å². The molecule has 0 aliphatic carbocycles. The van der Waals surface area contributed by atoms with Crippen LogP contribution in [0.2, 0.25) is 0 Å². The zero-order valence-corrected chi connectivity index (χ0v) is 11.2. The van der Waals surface area contributed by atoms with E-state index in [2.05, 4.69) is 62.5 Å². The Balaban J connectivity index is 2.63. The lowest BCUT2D eigenvalue weighted by Gasteiger charge is -2.11. The smallest absolute Gasteiger partial charge is 0.0198 e. The summed E-state index contributed by atoms with van der Waals surface area (Å²) >= 11 is 9.34. The maximum atomic E-state index is 4.68. The van der Waals surface area contributed by atoms with E-state index < -0.39 is 0 Å². The summed E-state index contributed by atoms with van der Waals surface area (Å²) in [6.45, 7) is 2.10. The van der Waals surface area contributed by atoms with Crippen LogP contribution in [0, 0.1) is 6.92 Å². The number of aryl methyl sites for hydroxylation is 1. The van der Waals surface area contributed by atoms with E-state index in [-0.39, 0.29) is 0 Å². The van der Waals surface area contributed by atoms with Crippen LogP contribution < -0.4 is 0 Å². The first-order valence-corrected chi connectivity index (χ1v) is 6.41. The number of hydrogen-bond acceptors (Lipinski definition) is 2. The van der Waals surface area contributed by atoms with Gasteiger partial charge < -0.3 is 0 Å². The second kappa shape index (κ2) is 3.97. The van der Waals surface area contributed by atoms with Crippen molar-refractivity contribution in [3.8, 4) is 0 Å². The van der Waals surface area contributed by atoms with Crippen molar-refractivity contribution >= 4 is 46.8 Å². The zero-order valence-electron chi connectivity index (χ0n) is 9.44. The standard InChI is InChI=1S/C15H12S2/c1-9-6-7-12-13(8-9)15(17)11-5-3-2-4-10(11)14(12)16/h2-8,16-17H,1H3. The van der Waals surface area contributed by atoms with Crippen LogP contribution >= 0.6 is 25.3 Å². The van der Waals surface area contributed by atoms with Crippen LogP contribution in [0.15, 0.2) is 52.3 Å². The summed E-state index contributed by atoms with van der Waals surface area (Å²) in [5.74, 6) is 0. The lowest BCUT2D eigenvalue weighted by atomic mass is 10.0. The third-order valence-electron chi connectivity index (χ3n) is 3.12. The maximum Gasteiger partial charge on any atom is 0.0198 e. The highest BCUT2D eigenvalue weighted by Gasteiger charge is 2.08. The van der Waals surface area contributed by atoms with Gasteiger partial charge in [0.2, 0.25) is 0 Å². The van der Waals surface area contributed by atoms with E-state index in [1.54, 1.807) is 0 Å². The first kappa shape index (κ1) is 11.0. The van der Waals surface area contributed by atoms with E-state index >= 15 is 0 Å². The van der Waals surface area contributed by atoms with Crippen LogP contribution in [-0.2, 0) is 0 Å². The average molecular weight is 256 g/mol. The van der Waals surface area contributed by atoms with Crippen molar-refractivity contribution in [2.75, 3.05) is 0 Å². The number of rotatable bonds is 0. The topological polar surface area (TPSA) is 0 Å². The fourth-order valence-corrected chi connectivity index (χ4v) is 3.02. The van der Waals surface area contributed by atoms with Crippen molar-refractivity contribution in [1.29, 1.82) is 0 Å². The maximum absolute atomic E-state index is 4.68. The summed E-state index contributed by atoms with van der Waals surface area (Å²) in [6.07, 6.45) is 0. The summed E-state index contributed by atoms with van der Waals surface area (Å²) in [6, 6.07) is 14.7. The van der Waals surface area contributed by atoms with E-state index in [9.17, 15) is 0 Å². The van der Waals surface area contributed by atoms with Crippen molar-refractivity contribution in [1.82, 2.24) is 0 Å². The quantitative estimate of drug-likeness (QED) is 0.416. The Morgan fingerprint density at radius 2 is 1.24 bits per heavy atom. The summed E-state index contributed by atoms with van der Waals surface area (Å²) < 4.78 is 0. The van der Waals surface area contributed by atoms with E-state index in [1.165, 1.54) is 21.7 Å². The molecule has 0 unspecified atom stereocenters. The number of benzene rings is 3. The van der Waals surface area contributed by atoms with E-state index in [4.69, 9.17) is 0 Å². The molecule has 3 rings (SSSR count). The molecule has 17 heavy (non-hydrogen) atoms. The van der Waals surface area contributed by atoms with Gasteiger partial charge in [0.1, 0.15) is 0 Å². The normalized spacial score (nSPS) is 11.2. The molecule has 0 radical (unpaired) electrons. The molecule has 0 amide bonds. The Labute approximate surface area is 111 Å².